The summed E-state index contributed by atoms with van der Waals surface area (Å²) >= 11 is 7.13. The van der Waals surface area contributed by atoms with Crippen molar-refractivity contribution in [3.8, 4) is 5.69 Å². The zero-order chi connectivity index (χ0) is 19.4. The van der Waals surface area contributed by atoms with E-state index in [1.807, 2.05) is 0 Å². The molecule has 0 saturated carbocycles. The number of amides is 1. The van der Waals surface area contributed by atoms with Gasteiger partial charge in [0.25, 0.3) is 5.56 Å². The molecule has 0 aliphatic heterocycles. The van der Waals surface area contributed by atoms with Crippen molar-refractivity contribution >= 4 is 39.1 Å². The normalized spacial score (nSPS) is 11.0. The third kappa shape index (κ3) is 4.13. The minimum absolute atomic E-state index is 0.174. The second-order valence-corrected chi connectivity index (χ2v) is 7.17. The summed E-state index contributed by atoms with van der Waals surface area (Å²) in [6.45, 7) is 0.814. The molecule has 1 N–H and O–H groups in total. The van der Waals surface area contributed by atoms with Crippen LogP contribution in [0.5, 0.6) is 0 Å². The SMILES string of the molecule is COCCCNC(=O)Cn1c(=O)n(-c2ccc(Cl)cc2)c(=O)c2sccc21. The number of hydrogen-bond acceptors (Lipinski definition) is 5. The van der Waals surface area contributed by atoms with Crippen LogP contribution in [0.2, 0.25) is 5.02 Å². The number of nitrogens with one attached hydrogen (secondary N) is 1. The fourth-order valence-electron chi connectivity index (χ4n) is 2.70. The summed E-state index contributed by atoms with van der Waals surface area (Å²) in [6, 6.07) is 8.08. The van der Waals surface area contributed by atoms with E-state index in [0.29, 0.717) is 40.5 Å². The van der Waals surface area contributed by atoms with E-state index in [0.717, 1.165) is 4.57 Å². The molecule has 3 rings (SSSR count). The van der Waals surface area contributed by atoms with Gasteiger partial charge in [-0.3, -0.25) is 14.2 Å². The average Bonchev–Trinajstić information content (AvgIpc) is 3.14. The Balaban J connectivity index is 2.01. The van der Waals surface area contributed by atoms with Crippen LogP contribution in [-0.4, -0.2) is 35.3 Å². The van der Waals surface area contributed by atoms with E-state index in [1.165, 1.54) is 15.9 Å². The number of halogens is 1. The molecule has 0 unspecified atom stereocenters. The van der Waals surface area contributed by atoms with E-state index in [1.54, 1.807) is 42.8 Å². The van der Waals surface area contributed by atoms with Crippen LogP contribution in [-0.2, 0) is 16.1 Å². The number of carbonyl (C=O) groups is 1. The molecule has 0 aliphatic rings. The predicted octanol–water partition coefficient (Wildman–Crippen LogP) is 2.02. The number of hydrogen-bond donors (Lipinski definition) is 1. The van der Waals surface area contributed by atoms with Crippen molar-refractivity contribution in [1.82, 2.24) is 14.5 Å². The van der Waals surface area contributed by atoms with E-state index in [4.69, 9.17) is 16.3 Å². The quantitative estimate of drug-likeness (QED) is 0.607. The van der Waals surface area contributed by atoms with Crippen LogP contribution in [0.4, 0.5) is 0 Å². The van der Waals surface area contributed by atoms with Crippen molar-refractivity contribution in [3.63, 3.8) is 0 Å². The molecule has 142 valence electrons. The number of ether oxygens (including phenoxy) is 1. The maximum absolute atomic E-state index is 13.0. The first-order valence-electron chi connectivity index (χ1n) is 8.27. The van der Waals surface area contributed by atoms with Crippen LogP contribution in [0, 0.1) is 0 Å². The highest BCUT2D eigenvalue weighted by Gasteiger charge is 2.17. The number of fused-ring (bicyclic) bond motifs is 1. The van der Waals surface area contributed by atoms with Gasteiger partial charge in [0.2, 0.25) is 5.91 Å². The van der Waals surface area contributed by atoms with E-state index < -0.39 is 11.2 Å². The Hall–Kier alpha value is -2.42. The van der Waals surface area contributed by atoms with Crippen LogP contribution < -0.4 is 16.6 Å². The van der Waals surface area contributed by atoms with Crippen molar-refractivity contribution < 1.29 is 9.53 Å². The average molecular weight is 408 g/mol. The molecule has 0 bridgehead atoms. The Labute approximate surface area is 163 Å². The van der Waals surface area contributed by atoms with E-state index in [2.05, 4.69) is 5.32 Å². The molecule has 9 heteroatoms. The largest absolute Gasteiger partial charge is 0.385 e. The summed E-state index contributed by atoms with van der Waals surface area (Å²) in [4.78, 5) is 38.0. The third-order valence-electron chi connectivity index (χ3n) is 3.99. The van der Waals surface area contributed by atoms with Crippen molar-refractivity contribution in [1.29, 1.82) is 0 Å². The van der Waals surface area contributed by atoms with Gasteiger partial charge in [0, 0.05) is 25.3 Å². The highest BCUT2D eigenvalue weighted by Crippen LogP contribution is 2.17. The number of benzene rings is 1. The first-order chi connectivity index (χ1) is 13.0. The molecule has 7 nitrogen and oxygen atoms in total. The third-order valence-corrected chi connectivity index (χ3v) is 5.13. The second kappa shape index (κ2) is 8.51. The molecule has 0 fully saturated rings. The monoisotopic (exact) mass is 407 g/mol. The maximum atomic E-state index is 13.0. The summed E-state index contributed by atoms with van der Waals surface area (Å²) in [7, 11) is 1.59. The van der Waals surface area contributed by atoms with Crippen LogP contribution >= 0.6 is 22.9 Å². The van der Waals surface area contributed by atoms with Gasteiger partial charge in [0.15, 0.2) is 0 Å². The number of thiophene rings is 1. The van der Waals surface area contributed by atoms with Gasteiger partial charge in [0.05, 0.1) is 11.2 Å². The van der Waals surface area contributed by atoms with Crippen molar-refractivity contribution in [3.05, 3.63) is 61.6 Å². The second-order valence-electron chi connectivity index (χ2n) is 5.82. The van der Waals surface area contributed by atoms with Gasteiger partial charge in [-0.05, 0) is 42.1 Å². The number of methoxy groups -OCH3 is 1. The molecule has 1 aromatic carbocycles. The number of rotatable bonds is 7. The molecule has 1 amide bonds. The lowest BCUT2D eigenvalue weighted by Crippen LogP contribution is -2.41. The Morgan fingerprint density at radius 2 is 1.96 bits per heavy atom. The molecule has 0 spiro atoms. The molecule has 0 radical (unpaired) electrons. The molecular formula is C18H18ClN3O4S. The Morgan fingerprint density at radius 3 is 2.67 bits per heavy atom. The molecule has 0 atom stereocenters. The van der Waals surface area contributed by atoms with Crippen LogP contribution in [0.3, 0.4) is 0 Å². The smallest absolute Gasteiger partial charge is 0.336 e. The van der Waals surface area contributed by atoms with Gasteiger partial charge in [-0.2, -0.15) is 0 Å². The molecule has 27 heavy (non-hydrogen) atoms. The number of carbonyl (C=O) groups excluding carboxylic acids is 1. The minimum Gasteiger partial charge on any atom is -0.385 e. The summed E-state index contributed by atoms with van der Waals surface area (Å²) in [6.07, 6.45) is 0.676. The van der Waals surface area contributed by atoms with Crippen LogP contribution in [0.1, 0.15) is 6.42 Å². The Bertz CT molecular complexity index is 1070. The fraction of sp³-hybridized carbons (Fsp3) is 0.278. The van der Waals surface area contributed by atoms with Crippen molar-refractivity contribution in [2.75, 3.05) is 20.3 Å². The van der Waals surface area contributed by atoms with E-state index in [9.17, 15) is 14.4 Å². The lowest BCUT2D eigenvalue weighted by molar-refractivity contribution is -0.121. The first-order valence-corrected chi connectivity index (χ1v) is 9.53. The van der Waals surface area contributed by atoms with Crippen molar-refractivity contribution in [2.24, 2.45) is 0 Å². The Morgan fingerprint density at radius 1 is 1.22 bits per heavy atom. The zero-order valence-corrected chi connectivity index (χ0v) is 16.2. The summed E-state index contributed by atoms with van der Waals surface area (Å²) < 4.78 is 7.73. The van der Waals surface area contributed by atoms with Gasteiger partial charge in [-0.25, -0.2) is 9.36 Å². The summed E-state index contributed by atoms with van der Waals surface area (Å²) in [5.74, 6) is -0.304. The first kappa shape index (κ1) is 19.3. The summed E-state index contributed by atoms with van der Waals surface area (Å²) in [5, 5.41) is 4.98. The molecule has 0 saturated heterocycles. The maximum Gasteiger partial charge on any atom is 0.336 e. The summed E-state index contributed by atoms with van der Waals surface area (Å²) in [5.41, 5.74) is -0.129. The highest BCUT2D eigenvalue weighted by atomic mass is 35.5. The van der Waals surface area contributed by atoms with Gasteiger partial charge in [-0.15, -0.1) is 11.3 Å². The fourth-order valence-corrected chi connectivity index (χ4v) is 3.65. The zero-order valence-electron chi connectivity index (χ0n) is 14.6. The van der Waals surface area contributed by atoms with Gasteiger partial charge in [0.1, 0.15) is 11.2 Å². The molecule has 2 aromatic heterocycles. The lowest BCUT2D eigenvalue weighted by atomic mass is 10.3. The lowest BCUT2D eigenvalue weighted by Gasteiger charge is -2.12. The molecule has 3 aromatic rings. The number of aromatic nitrogens is 2. The standard InChI is InChI=1S/C18H18ClN3O4S/c1-26-9-2-8-20-15(23)11-21-14-7-10-27-16(14)17(24)22(18(21)25)13-5-3-12(19)4-6-13/h3-7,10H,2,8-9,11H2,1H3,(H,20,23). The Kier molecular flexibility index (Phi) is 6.10. The molecular weight excluding hydrogens is 390 g/mol. The highest BCUT2D eigenvalue weighted by molar-refractivity contribution is 7.17. The minimum atomic E-state index is -0.569. The van der Waals surface area contributed by atoms with Gasteiger partial charge in [-0.1, -0.05) is 11.6 Å². The predicted molar refractivity (Wildman–Crippen MR) is 106 cm³/mol. The van der Waals surface area contributed by atoms with E-state index in [-0.39, 0.29) is 12.5 Å². The van der Waals surface area contributed by atoms with Crippen molar-refractivity contribution in [2.45, 2.75) is 13.0 Å². The van der Waals surface area contributed by atoms with Crippen LogP contribution in [0.15, 0.2) is 45.3 Å². The molecule has 2 heterocycles. The van der Waals surface area contributed by atoms with Gasteiger partial charge < -0.3 is 10.1 Å². The molecule has 0 aliphatic carbocycles. The van der Waals surface area contributed by atoms with Gasteiger partial charge >= 0.3 is 5.69 Å². The number of nitrogens with zero attached hydrogens (tertiary/aromatic N) is 2. The van der Waals surface area contributed by atoms with Crippen LogP contribution in [0.25, 0.3) is 15.9 Å². The topological polar surface area (TPSA) is 82.3 Å². The van der Waals surface area contributed by atoms with E-state index >= 15 is 0 Å².